The summed E-state index contributed by atoms with van der Waals surface area (Å²) < 4.78 is 13.0. The molecule has 1 unspecified atom stereocenters. The summed E-state index contributed by atoms with van der Waals surface area (Å²) in [5.41, 5.74) is 0.999. The molecule has 0 bridgehead atoms. The lowest BCUT2D eigenvalue weighted by Gasteiger charge is -2.14. The van der Waals surface area contributed by atoms with Crippen molar-refractivity contribution in [2.24, 2.45) is 0 Å². The van der Waals surface area contributed by atoms with E-state index in [1.165, 1.54) is 42.1 Å². The van der Waals surface area contributed by atoms with Crippen LogP contribution in [0.4, 0.5) is 10.1 Å². The van der Waals surface area contributed by atoms with Gasteiger partial charge in [0.15, 0.2) is 5.16 Å². The Labute approximate surface area is 160 Å². The lowest BCUT2D eigenvalue weighted by molar-refractivity contribution is -0.115. The third-order valence-corrected chi connectivity index (χ3v) is 5.74. The number of benzene rings is 1. The zero-order valence-corrected chi connectivity index (χ0v) is 16.5. The molecule has 8 heteroatoms. The van der Waals surface area contributed by atoms with Crippen LogP contribution in [0, 0.1) is 5.82 Å². The number of aromatic amines is 1. The Kier molecular flexibility index (Phi) is 7.71. The van der Waals surface area contributed by atoms with Crippen LogP contribution in [0.1, 0.15) is 32.9 Å². The first-order valence-electron chi connectivity index (χ1n) is 8.32. The first-order chi connectivity index (χ1) is 12.4. The summed E-state index contributed by atoms with van der Waals surface area (Å²) >= 11 is 2.92. The van der Waals surface area contributed by atoms with Crippen LogP contribution in [-0.4, -0.2) is 26.4 Å². The van der Waals surface area contributed by atoms with E-state index in [1.807, 2.05) is 6.92 Å². The van der Waals surface area contributed by atoms with Gasteiger partial charge in [0.2, 0.25) is 5.91 Å². The van der Waals surface area contributed by atoms with Crippen molar-refractivity contribution >= 4 is 35.1 Å². The average molecular weight is 396 g/mol. The molecule has 0 spiro atoms. The number of H-pyrrole nitrogens is 1. The highest BCUT2D eigenvalue weighted by Gasteiger charge is 2.20. The molecule has 1 heterocycles. The van der Waals surface area contributed by atoms with Crippen molar-refractivity contribution in [3.63, 3.8) is 0 Å². The number of amides is 1. The number of carbonyl (C=O) groups is 1. The van der Waals surface area contributed by atoms with Gasteiger partial charge in [-0.3, -0.25) is 9.59 Å². The number of rotatable bonds is 8. The maximum absolute atomic E-state index is 13.0. The molecule has 2 aromatic rings. The molecule has 0 fully saturated rings. The lowest BCUT2D eigenvalue weighted by Crippen LogP contribution is -2.25. The fraction of sp³-hybridized carbons (Fsp3) is 0.389. The molecule has 26 heavy (non-hydrogen) atoms. The zero-order chi connectivity index (χ0) is 19.1. The van der Waals surface area contributed by atoms with Crippen molar-refractivity contribution in [2.75, 3.05) is 5.32 Å². The van der Waals surface area contributed by atoms with Crippen molar-refractivity contribution in [3.8, 4) is 0 Å². The van der Waals surface area contributed by atoms with E-state index in [0.29, 0.717) is 34.0 Å². The van der Waals surface area contributed by atoms with Crippen LogP contribution < -0.4 is 10.9 Å². The minimum Gasteiger partial charge on any atom is -0.325 e. The molecule has 1 aromatic heterocycles. The number of halogens is 1. The molecule has 2 rings (SSSR count). The number of hydrogen-bond donors (Lipinski definition) is 2. The predicted molar refractivity (Wildman–Crippen MR) is 106 cm³/mol. The van der Waals surface area contributed by atoms with E-state index in [0.717, 1.165) is 0 Å². The molecule has 0 radical (unpaired) electrons. The highest BCUT2D eigenvalue weighted by Crippen LogP contribution is 2.24. The molecule has 0 aliphatic rings. The van der Waals surface area contributed by atoms with Crippen LogP contribution in [0.3, 0.4) is 0 Å². The molecule has 5 nitrogen and oxygen atoms in total. The van der Waals surface area contributed by atoms with Gasteiger partial charge in [-0.05, 0) is 35.9 Å². The molecule has 0 aliphatic carbocycles. The highest BCUT2D eigenvalue weighted by molar-refractivity contribution is 8.00. The van der Waals surface area contributed by atoms with E-state index in [9.17, 15) is 14.0 Å². The normalized spacial score (nSPS) is 12.2. The van der Waals surface area contributed by atoms with Crippen LogP contribution in [0.25, 0.3) is 0 Å². The molecular weight excluding hydrogens is 373 g/mol. The average Bonchev–Trinajstić information content (AvgIpc) is 2.59. The summed E-state index contributed by atoms with van der Waals surface area (Å²) in [5, 5.41) is 3.21. The third-order valence-electron chi connectivity index (χ3n) is 3.37. The second kappa shape index (κ2) is 9.78. The second-order valence-electron chi connectivity index (χ2n) is 5.91. The van der Waals surface area contributed by atoms with Gasteiger partial charge >= 0.3 is 0 Å². The lowest BCUT2D eigenvalue weighted by atomic mass is 10.2. The Morgan fingerprint density at radius 2 is 2.00 bits per heavy atom. The standard InChI is InChI=1S/C18H22FN3O2S2/c1-4-15(17(24)20-13-7-5-12(19)6-8-13)26-18-21-14(9-16(23)22-18)10-25-11(2)3/h5-9,11,15H,4,10H2,1-3H3,(H,20,24)(H,21,22,23). The number of nitrogens with zero attached hydrogens (tertiary/aromatic N) is 1. The minimum atomic E-state index is -0.420. The first-order valence-corrected chi connectivity index (χ1v) is 10.2. The maximum Gasteiger partial charge on any atom is 0.251 e. The van der Waals surface area contributed by atoms with Crippen LogP contribution in [-0.2, 0) is 10.5 Å². The van der Waals surface area contributed by atoms with Crippen molar-refractivity contribution in [3.05, 3.63) is 52.2 Å². The van der Waals surface area contributed by atoms with Gasteiger partial charge in [0.25, 0.3) is 5.56 Å². The van der Waals surface area contributed by atoms with Gasteiger partial charge in [-0.2, -0.15) is 11.8 Å². The van der Waals surface area contributed by atoms with E-state index in [2.05, 4.69) is 29.1 Å². The van der Waals surface area contributed by atoms with E-state index < -0.39 is 5.25 Å². The van der Waals surface area contributed by atoms with Crippen LogP contribution >= 0.6 is 23.5 Å². The zero-order valence-electron chi connectivity index (χ0n) is 14.9. The first kappa shape index (κ1) is 20.5. The third kappa shape index (κ3) is 6.49. The maximum atomic E-state index is 13.0. The van der Waals surface area contributed by atoms with Crippen LogP contribution in [0.15, 0.2) is 40.3 Å². The molecular formula is C18H22FN3O2S2. The Bertz CT molecular complexity index is 794. The number of thioether (sulfide) groups is 2. The molecule has 0 saturated carbocycles. The van der Waals surface area contributed by atoms with Crippen molar-refractivity contribution in [2.45, 2.75) is 48.6 Å². The predicted octanol–water partition coefficient (Wildman–Crippen LogP) is 4.06. The minimum absolute atomic E-state index is 0.214. The van der Waals surface area contributed by atoms with Gasteiger partial charge < -0.3 is 10.3 Å². The van der Waals surface area contributed by atoms with E-state index >= 15 is 0 Å². The number of aromatic nitrogens is 2. The molecule has 1 atom stereocenters. The van der Waals surface area contributed by atoms with Crippen molar-refractivity contribution < 1.29 is 9.18 Å². The summed E-state index contributed by atoms with van der Waals surface area (Å²) in [6.45, 7) is 6.05. The van der Waals surface area contributed by atoms with Gasteiger partial charge in [-0.1, -0.05) is 32.5 Å². The monoisotopic (exact) mass is 395 g/mol. The quantitative estimate of drug-likeness (QED) is 0.521. The SMILES string of the molecule is CCC(Sc1nc(CSC(C)C)cc(=O)[nH]1)C(=O)Nc1ccc(F)cc1. The molecule has 140 valence electrons. The molecule has 0 aliphatic heterocycles. The van der Waals surface area contributed by atoms with Gasteiger partial charge in [0.05, 0.1) is 10.9 Å². The van der Waals surface area contributed by atoms with Gasteiger partial charge in [0, 0.05) is 17.5 Å². The Morgan fingerprint density at radius 3 is 2.62 bits per heavy atom. The number of carbonyl (C=O) groups excluding carboxylic acids is 1. The molecule has 2 N–H and O–H groups in total. The topological polar surface area (TPSA) is 74.8 Å². The Hall–Kier alpha value is -1.80. The van der Waals surface area contributed by atoms with E-state index in [-0.39, 0.29) is 17.3 Å². The number of nitrogens with one attached hydrogen (secondary N) is 2. The number of hydrogen-bond acceptors (Lipinski definition) is 5. The van der Waals surface area contributed by atoms with E-state index in [1.54, 1.807) is 11.8 Å². The van der Waals surface area contributed by atoms with Gasteiger partial charge in [-0.15, -0.1) is 0 Å². The van der Waals surface area contributed by atoms with Gasteiger partial charge in [0.1, 0.15) is 5.82 Å². The number of anilines is 1. The highest BCUT2D eigenvalue weighted by atomic mass is 32.2. The van der Waals surface area contributed by atoms with Gasteiger partial charge in [-0.25, -0.2) is 9.37 Å². The Balaban J connectivity index is 2.07. The molecule has 1 amide bonds. The van der Waals surface area contributed by atoms with Crippen molar-refractivity contribution in [1.82, 2.24) is 9.97 Å². The van der Waals surface area contributed by atoms with Crippen LogP contribution in [0.5, 0.6) is 0 Å². The summed E-state index contributed by atoms with van der Waals surface area (Å²) in [7, 11) is 0. The van der Waals surface area contributed by atoms with E-state index in [4.69, 9.17) is 0 Å². The summed E-state index contributed by atoms with van der Waals surface area (Å²) in [6.07, 6.45) is 0.562. The summed E-state index contributed by atoms with van der Waals surface area (Å²) in [4.78, 5) is 31.5. The second-order valence-corrected chi connectivity index (χ2v) is 8.67. The molecule has 1 aromatic carbocycles. The smallest absolute Gasteiger partial charge is 0.251 e. The van der Waals surface area contributed by atoms with Crippen LogP contribution in [0.2, 0.25) is 0 Å². The summed E-state index contributed by atoms with van der Waals surface area (Å²) in [5.74, 6) is 0.0734. The fourth-order valence-corrected chi connectivity index (χ4v) is 3.66. The fourth-order valence-electron chi connectivity index (χ4n) is 2.08. The summed E-state index contributed by atoms with van der Waals surface area (Å²) in [6, 6.07) is 7.08. The molecule has 0 saturated heterocycles. The largest absolute Gasteiger partial charge is 0.325 e. The van der Waals surface area contributed by atoms with Crippen molar-refractivity contribution in [1.29, 1.82) is 0 Å². The Morgan fingerprint density at radius 1 is 1.31 bits per heavy atom.